The highest BCUT2D eigenvalue weighted by Gasteiger charge is 2.07. The number of benzene rings is 1. The highest BCUT2D eigenvalue weighted by Crippen LogP contribution is 2.23. The molecule has 0 aliphatic heterocycles. The molecule has 7 heteroatoms. The first-order chi connectivity index (χ1) is 8.72. The second kappa shape index (κ2) is 4.35. The Kier molecular flexibility index (Phi) is 2.69. The van der Waals surface area contributed by atoms with Gasteiger partial charge in [0.25, 0.3) is 5.91 Å². The van der Waals surface area contributed by atoms with Crippen molar-refractivity contribution in [1.29, 1.82) is 0 Å². The molecular weight excluding hydrogens is 268 g/mol. The molecule has 1 amide bonds. The van der Waals surface area contributed by atoms with Crippen LogP contribution in [0.25, 0.3) is 10.2 Å². The summed E-state index contributed by atoms with van der Waals surface area (Å²) in [6, 6.07) is 7.23. The molecule has 3 rings (SSSR count). The smallest absolute Gasteiger partial charge is 0.273 e. The Balaban J connectivity index is 1.91. The van der Waals surface area contributed by atoms with E-state index < -0.39 is 0 Å². The summed E-state index contributed by atoms with van der Waals surface area (Å²) < 4.78 is 1.74. The van der Waals surface area contributed by atoms with Gasteiger partial charge in [0.15, 0.2) is 3.95 Å². The van der Waals surface area contributed by atoms with Crippen molar-refractivity contribution in [2.75, 3.05) is 5.32 Å². The Labute approximate surface area is 111 Å². The number of hydrogen-bond donors (Lipinski definition) is 3. The molecular formula is C11H8N4OS2. The van der Waals surface area contributed by atoms with Gasteiger partial charge in [0.05, 0.1) is 10.2 Å². The lowest BCUT2D eigenvalue weighted by molar-refractivity contribution is 0.102. The van der Waals surface area contributed by atoms with E-state index in [2.05, 4.69) is 20.5 Å². The molecule has 5 nitrogen and oxygen atoms in total. The number of carbonyl (C=O) groups excluding carboxylic acids is 1. The topological polar surface area (TPSA) is 73.6 Å². The summed E-state index contributed by atoms with van der Waals surface area (Å²) in [6.45, 7) is 0. The van der Waals surface area contributed by atoms with Crippen molar-refractivity contribution in [3.8, 4) is 0 Å². The van der Waals surface area contributed by atoms with Crippen molar-refractivity contribution in [3.63, 3.8) is 0 Å². The summed E-state index contributed by atoms with van der Waals surface area (Å²) in [5.41, 5.74) is 2.13. The Morgan fingerprint density at radius 3 is 3.06 bits per heavy atom. The van der Waals surface area contributed by atoms with Gasteiger partial charge in [0, 0.05) is 11.9 Å². The molecule has 3 aromatic rings. The quantitative estimate of drug-likeness (QED) is 0.630. The lowest BCUT2D eigenvalue weighted by Gasteiger charge is -2.02. The van der Waals surface area contributed by atoms with E-state index in [1.807, 2.05) is 18.2 Å². The van der Waals surface area contributed by atoms with E-state index in [4.69, 9.17) is 12.2 Å². The van der Waals surface area contributed by atoms with Gasteiger partial charge in [0.1, 0.15) is 5.69 Å². The number of nitrogens with zero attached hydrogens (tertiary/aromatic N) is 1. The number of thiazole rings is 1. The fraction of sp³-hybridized carbons (Fsp3) is 0. The molecule has 2 aromatic heterocycles. The Hall–Kier alpha value is -1.99. The fourth-order valence-corrected chi connectivity index (χ4v) is 2.76. The highest BCUT2D eigenvalue weighted by atomic mass is 32.1. The fourth-order valence-electron chi connectivity index (χ4n) is 1.60. The zero-order valence-corrected chi connectivity index (χ0v) is 10.7. The van der Waals surface area contributed by atoms with E-state index in [9.17, 15) is 4.79 Å². The molecule has 2 heterocycles. The summed E-state index contributed by atoms with van der Waals surface area (Å²) in [4.78, 5) is 14.9. The van der Waals surface area contributed by atoms with E-state index >= 15 is 0 Å². The van der Waals surface area contributed by atoms with E-state index in [1.165, 1.54) is 17.5 Å². The van der Waals surface area contributed by atoms with E-state index in [-0.39, 0.29) is 5.91 Å². The number of aromatic nitrogens is 3. The van der Waals surface area contributed by atoms with E-state index in [0.717, 1.165) is 19.9 Å². The van der Waals surface area contributed by atoms with Crippen LogP contribution in [0, 0.1) is 3.95 Å². The second-order valence-corrected chi connectivity index (χ2v) is 5.37. The minimum Gasteiger partial charge on any atom is -0.337 e. The number of hydrogen-bond acceptors (Lipinski definition) is 4. The molecule has 0 fully saturated rings. The molecule has 3 N–H and O–H groups in total. The normalized spacial score (nSPS) is 10.7. The minimum absolute atomic E-state index is 0.217. The first-order valence-electron chi connectivity index (χ1n) is 5.16. The third-order valence-corrected chi connectivity index (χ3v) is 3.62. The van der Waals surface area contributed by atoms with Gasteiger partial charge < -0.3 is 10.3 Å². The third kappa shape index (κ3) is 2.05. The Bertz CT molecular complexity index is 757. The molecule has 90 valence electrons. The van der Waals surface area contributed by atoms with Crippen molar-refractivity contribution >= 4 is 45.4 Å². The average molecular weight is 276 g/mol. The molecule has 0 saturated carbocycles. The van der Waals surface area contributed by atoms with Crippen LogP contribution in [0.4, 0.5) is 5.69 Å². The molecule has 0 unspecified atom stereocenters. The summed E-state index contributed by atoms with van der Waals surface area (Å²) in [6.07, 6.45) is 1.54. The molecule has 0 atom stereocenters. The van der Waals surface area contributed by atoms with Crippen molar-refractivity contribution in [2.24, 2.45) is 0 Å². The number of amides is 1. The first kappa shape index (κ1) is 11.1. The summed E-state index contributed by atoms with van der Waals surface area (Å²) in [5.74, 6) is -0.217. The maximum absolute atomic E-state index is 11.8. The number of rotatable bonds is 2. The second-order valence-electron chi connectivity index (χ2n) is 3.65. The van der Waals surface area contributed by atoms with Gasteiger partial charge in [-0.1, -0.05) is 0 Å². The number of carbonyl (C=O) groups is 1. The van der Waals surface area contributed by atoms with Crippen LogP contribution in [-0.2, 0) is 0 Å². The van der Waals surface area contributed by atoms with Gasteiger partial charge in [-0.15, -0.1) is 11.3 Å². The number of nitrogens with one attached hydrogen (secondary N) is 3. The molecule has 1 aromatic carbocycles. The maximum atomic E-state index is 11.8. The van der Waals surface area contributed by atoms with Crippen molar-refractivity contribution in [3.05, 3.63) is 40.1 Å². The summed E-state index contributed by atoms with van der Waals surface area (Å²) in [7, 11) is 0. The van der Waals surface area contributed by atoms with Crippen LogP contribution in [0.3, 0.4) is 0 Å². The number of anilines is 1. The monoisotopic (exact) mass is 276 g/mol. The van der Waals surface area contributed by atoms with Crippen LogP contribution in [-0.4, -0.2) is 21.1 Å². The minimum atomic E-state index is -0.217. The summed E-state index contributed by atoms with van der Waals surface area (Å²) in [5, 5.41) is 9.15. The summed E-state index contributed by atoms with van der Waals surface area (Å²) >= 11 is 6.55. The molecule has 0 aliphatic carbocycles. The predicted molar refractivity (Wildman–Crippen MR) is 73.6 cm³/mol. The third-order valence-electron chi connectivity index (χ3n) is 2.42. The SMILES string of the molecule is O=C(Nc1ccc2[nH]c(=S)sc2c1)c1ccn[nH]1. The van der Waals surface area contributed by atoms with E-state index in [0.29, 0.717) is 5.69 Å². The van der Waals surface area contributed by atoms with Crippen LogP contribution < -0.4 is 5.32 Å². The van der Waals surface area contributed by atoms with Crippen LogP contribution in [0.5, 0.6) is 0 Å². The highest BCUT2D eigenvalue weighted by molar-refractivity contribution is 7.73. The van der Waals surface area contributed by atoms with E-state index in [1.54, 1.807) is 6.07 Å². The predicted octanol–water partition coefficient (Wildman–Crippen LogP) is 2.93. The van der Waals surface area contributed by atoms with Crippen LogP contribution in [0.2, 0.25) is 0 Å². The van der Waals surface area contributed by atoms with Gasteiger partial charge in [-0.05, 0) is 36.5 Å². The van der Waals surface area contributed by atoms with Crippen LogP contribution in [0.1, 0.15) is 10.5 Å². The van der Waals surface area contributed by atoms with Crippen molar-refractivity contribution in [2.45, 2.75) is 0 Å². The Morgan fingerprint density at radius 2 is 2.28 bits per heavy atom. The van der Waals surface area contributed by atoms with Crippen molar-refractivity contribution < 1.29 is 4.79 Å². The first-order valence-corrected chi connectivity index (χ1v) is 6.38. The molecule has 18 heavy (non-hydrogen) atoms. The number of H-pyrrole nitrogens is 2. The van der Waals surface area contributed by atoms with Gasteiger partial charge in [0.2, 0.25) is 0 Å². The molecule has 0 spiro atoms. The standard InChI is InChI=1S/C11H8N4OS2/c16-10(8-3-4-12-15-8)13-6-1-2-7-9(5-6)18-11(17)14-7/h1-5H,(H,12,15)(H,13,16)(H,14,17). The molecule has 0 bridgehead atoms. The van der Waals surface area contributed by atoms with Gasteiger partial charge in [-0.2, -0.15) is 5.10 Å². The largest absolute Gasteiger partial charge is 0.337 e. The van der Waals surface area contributed by atoms with Gasteiger partial charge >= 0.3 is 0 Å². The number of aromatic amines is 2. The van der Waals surface area contributed by atoms with Gasteiger partial charge in [-0.3, -0.25) is 9.89 Å². The van der Waals surface area contributed by atoms with Crippen molar-refractivity contribution in [1.82, 2.24) is 15.2 Å². The van der Waals surface area contributed by atoms with Gasteiger partial charge in [-0.25, -0.2) is 0 Å². The maximum Gasteiger partial charge on any atom is 0.273 e. The molecule has 0 radical (unpaired) electrons. The lowest BCUT2D eigenvalue weighted by atomic mass is 10.3. The molecule has 0 aliphatic rings. The number of fused-ring (bicyclic) bond motifs is 1. The van der Waals surface area contributed by atoms with Crippen LogP contribution >= 0.6 is 23.6 Å². The zero-order valence-electron chi connectivity index (χ0n) is 9.06. The van der Waals surface area contributed by atoms with Crippen LogP contribution in [0.15, 0.2) is 30.5 Å². The Morgan fingerprint density at radius 1 is 1.39 bits per heavy atom. The lowest BCUT2D eigenvalue weighted by Crippen LogP contribution is -2.12. The molecule has 0 saturated heterocycles. The average Bonchev–Trinajstić information content (AvgIpc) is 2.95. The zero-order chi connectivity index (χ0) is 12.5.